The van der Waals surface area contributed by atoms with Gasteiger partial charge < -0.3 is 42.3 Å². The highest BCUT2D eigenvalue weighted by Gasteiger charge is 2.53. The lowest BCUT2D eigenvalue weighted by Gasteiger charge is -2.43. The second-order valence-electron chi connectivity index (χ2n) is 10.3. The molecule has 0 radical (unpaired) electrons. The normalized spacial score (nSPS) is 20.4. The van der Waals surface area contributed by atoms with Gasteiger partial charge in [-0.15, -0.1) is 0 Å². The first-order valence-corrected chi connectivity index (χ1v) is 14.2. The van der Waals surface area contributed by atoms with Gasteiger partial charge in [0.25, 0.3) is 0 Å². The van der Waals surface area contributed by atoms with E-state index in [4.69, 9.17) is 42.3 Å². The van der Waals surface area contributed by atoms with Gasteiger partial charge in [-0.25, -0.2) is 0 Å². The summed E-state index contributed by atoms with van der Waals surface area (Å²) in [5, 5.41) is -0.0811. The van der Waals surface area contributed by atoms with Gasteiger partial charge in [0, 0.05) is 46.8 Å². The van der Waals surface area contributed by atoms with Gasteiger partial charge in [0.05, 0.1) is 12.7 Å². The summed E-state index contributed by atoms with van der Waals surface area (Å²) in [6.07, 6.45) is -6.07. The van der Waals surface area contributed by atoms with Crippen LogP contribution >= 0.6 is 0 Å². The van der Waals surface area contributed by atoms with Crippen LogP contribution < -0.4 is 19.6 Å². The van der Waals surface area contributed by atoms with E-state index in [0.717, 1.165) is 34.6 Å². The monoisotopic (exact) mass is 656 g/mol. The zero-order valence-electron chi connectivity index (χ0n) is 26.3. The molecule has 15 heteroatoms. The SMILES string of the molecule is COc1ccc(-c2coc3cc(O[C@@H]4O[C@@H](COC(C)=O)[C@H](OC(C)=O)[C@@H](OC(C)=O)[C@@H]4OC(C)=O)cc(OC(C)=O)c3c2=O)cc1. The van der Waals surface area contributed by atoms with Crippen LogP contribution in [0.4, 0.5) is 0 Å². The molecule has 5 atom stereocenters. The standard InChI is InChI=1S/C32H32O15/c1-15(33)40-14-26-29(43-17(3)35)30(44-18(4)36)31(45-19(5)37)32(47-26)46-22-11-24-27(25(12-22)42-16(2)34)28(38)23(13-41-24)20-7-9-21(39-6)10-8-20/h7-13,26,29-32H,14H2,1-6H3/t26-,29-,30+,31-,32+/m0/s1. The van der Waals surface area contributed by atoms with Crippen LogP contribution in [0.2, 0.25) is 0 Å². The fraction of sp³-hybridized carbons (Fsp3) is 0.375. The molecule has 0 spiro atoms. The van der Waals surface area contributed by atoms with Crippen molar-refractivity contribution in [3.63, 3.8) is 0 Å². The molecule has 3 aromatic rings. The van der Waals surface area contributed by atoms with E-state index in [-0.39, 0.29) is 28.0 Å². The van der Waals surface area contributed by atoms with Crippen LogP contribution in [0.3, 0.4) is 0 Å². The maximum atomic E-state index is 13.7. The number of esters is 5. The van der Waals surface area contributed by atoms with E-state index in [1.165, 1.54) is 25.5 Å². The van der Waals surface area contributed by atoms with Crippen LogP contribution in [-0.4, -0.2) is 74.3 Å². The Kier molecular flexibility index (Phi) is 10.8. The van der Waals surface area contributed by atoms with E-state index >= 15 is 0 Å². The summed E-state index contributed by atoms with van der Waals surface area (Å²) >= 11 is 0. The Bertz CT molecular complexity index is 1720. The third kappa shape index (κ3) is 8.43. The quantitative estimate of drug-likeness (QED) is 0.176. The largest absolute Gasteiger partial charge is 0.497 e. The minimum Gasteiger partial charge on any atom is -0.497 e. The van der Waals surface area contributed by atoms with Gasteiger partial charge in [0.2, 0.25) is 17.8 Å². The predicted octanol–water partition coefficient (Wildman–Crippen LogP) is 2.86. The Morgan fingerprint density at radius 1 is 0.745 bits per heavy atom. The highest BCUT2D eigenvalue weighted by Crippen LogP contribution is 2.35. The van der Waals surface area contributed by atoms with Gasteiger partial charge in [-0.05, 0) is 17.7 Å². The lowest BCUT2D eigenvalue weighted by Crippen LogP contribution is -2.63. The Balaban J connectivity index is 1.81. The third-order valence-corrected chi connectivity index (χ3v) is 6.67. The van der Waals surface area contributed by atoms with Gasteiger partial charge >= 0.3 is 29.8 Å². The van der Waals surface area contributed by atoms with E-state index in [0.29, 0.717) is 11.3 Å². The van der Waals surface area contributed by atoms with Crippen molar-refractivity contribution in [2.45, 2.75) is 65.3 Å². The maximum Gasteiger partial charge on any atom is 0.308 e. The second kappa shape index (κ2) is 14.8. The van der Waals surface area contributed by atoms with Gasteiger partial charge in [0.15, 0.2) is 12.2 Å². The lowest BCUT2D eigenvalue weighted by atomic mass is 9.98. The fourth-order valence-corrected chi connectivity index (χ4v) is 4.88. The van der Waals surface area contributed by atoms with Crippen molar-refractivity contribution in [1.82, 2.24) is 0 Å². The van der Waals surface area contributed by atoms with E-state index < -0.39 is 72.6 Å². The van der Waals surface area contributed by atoms with Crippen LogP contribution in [0, 0.1) is 0 Å². The number of ether oxygens (including phenoxy) is 8. The number of fused-ring (bicyclic) bond motifs is 1. The summed E-state index contributed by atoms with van der Waals surface area (Å²) in [7, 11) is 1.51. The van der Waals surface area contributed by atoms with Gasteiger partial charge in [-0.3, -0.25) is 28.8 Å². The molecule has 0 saturated carbocycles. The number of rotatable bonds is 10. The molecule has 1 saturated heterocycles. The third-order valence-electron chi connectivity index (χ3n) is 6.67. The number of benzene rings is 2. The summed E-state index contributed by atoms with van der Waals surface area (Å²) < 4.78 is 49.6. The fourth-order valence-electron chi connectivity index (χ4n) is 4.88. The summed E-state index contributed by atoms with van der Waals surface area (Å²) in [6, 6.07) is 9.16. The predicted molar refractivity (Wildman–Crippen MR) is 158 cm³/mol. The summed E-state index contributed by atoms with van der Waals surface area (Å²) in [5.74, 6) is -3.66. The van der Waals surface area contributed by atoms with E-state index in [2.05, 4.69) is 0 Å². The molecule has 0 unspecified atom stereocenters. The molecule has 1 fully saturated rings. The molecule has 4 rings (SSSR count). The molecule has 0 bridgehead atoms. The molecule has 2 aromatic carbocycles. The van der Waals surface area contributed by atoms with Crippen molar-refractivity contribution >= 4 is 40.8 Å². The van der Waals surface area contributed by atoms with Crippen molar-refractivity contribution in [2.75, 3.05) is 13.7 Å². The van der Waals surface area contributed by atoms with Crippen molar-refractivity contribution in [3.05, 3.63) is 52.9 Å². The Hall–Kier alpha value is -5.44. The first kappa shape index (κ1) is 34.4. The van der Waals surface area contributed by atoms with Crippen LogP contribution in [-0.2, 0) is 47.7 Å². The molecule has 1 aromatic heterocycles. The number of carbonyl (C=O) groups is 5. The Labute approximate surface area is 267 Å². The molecule has 2 heterocycles. The Morgan fingerprint density at radius 2 is 1.36 bits per heavy atom. The summed E-state index contributed by atoms with van der Waals surface area (Å²) in [4.78, 5) is 73.7. The van der Waals surface area contributed by atoms with E-state index in [1.807, 2.05) is 0 Å². The molecule has 1 aliphatic rings. The molecular formula is C32H32O15. The minimum absolute atomic E-state index is 0.0494. The topological polar surface area (TPSA) is 189 Å². The van der Waals surface area contributed by atoms with Crippen molar-refractivity contribution < 1.29 is 66.3 Å². The van der Waals surface area contributed by atoms with Crippen LogP contribution in [0.15, 0.2) is 51.9 Å². The molecule has 47 heavy (non-hydrogen) atoms. The summed E-state index contributed by atoms with van der Waals surface area (Å²) in [6.45, 7) is 5.06. The Morgan fingerprint density at radius 3 is 1.94 bits per heavy atom. The number of hydrogen-bond acceptors (Lipinski definition) is 15. The zero-order valence-corrected chi connectivity index (χ0v) is 26.3. The first-order valence-electron chi connectivity index (χ1n) is 14.2. The molecular weight excluding hydrogens is 624 g/mol. The molecule has 250 valence electrons. The van der Waals surface area contributed by atoms with Gasteiger partial charge in [0.1, 0.15) is 47.2 Å². The van der Waals surface area contributed by atoms with Crippen molar-refractivity contribution in [1.29, 1.82) is 0 Å². The zero-order chi connectivity index (χ0) is 34.4. The minimum atomic E-state index is -1.59. The molecule has 0 amide bonds. The average Bonchev–Trinajstić information content (AvgIpc) is 2.98. The molecule has 0 aliphatic carbocycles. The van der Waals surface area contributed by atoms with Gasteiger partial charge in [-0.1, -0.05) is 12.1 Å². The van der Waals surface area contributed by atoms with Crippen LogP contribution in [0.25, 0.3) is 22.1 Å². The molecule has 0 N–H and O–H groups in total. The molecule has 1 aliphatic heterocycles. The average molecular weight is 657 g/mol. The smallest absolute Gasteiger partial charge is 0.308 e. The number of methoxy groups -OCH3 is 1. The highest BCUT2D eigenvalue weighted by molar-refractivity contribution is 5.90. The highest BCUT2D eigenvalue weighted by atomic mass is 16.7. The van der Waals surface area contributed by atoms with Gasteiger partial charge in [-0.2, -0.15) is 0 Å². The second-order valence-corrected chi connectivity index (χ2v) is 10.3. The van der Waals surface area contributed by atoms with Crippen LogP contribution in [0.1, 0.15) is 34.6 Å². The van der Waals surface area contributed by atoms with E-state index in [1.54, 1.807) is 24.3 Å². The molecule has 15 nitrogen and oxygen atoms in total. The van der Waals surface area contributed by atoms with Crippen LogP contribution in [0.5, 0.6) is 17.2 Å². The van der Waals surface area contributed by atoms with Crippen molar-refractivity contribution in [3.8, 4) is 28.4 Å². The van der Waals surface area contributed by atoms with E-state index in [9.17, 15) is 28.8 Å². The summed E-state index contributed by atoms with van der Waals surface area (Å²) in [5.41, 5.74) is 0.105. The number of carbonyl (C=O) groups excluding carboxylic acids is 5. The lowest BCUT2D eigenvalue weighted by molar-refractivity contribution is -0.288. The first-order chi connectivity index (χ1) is 22.3. The maximum absolute atomic E-state index is 13.7. The van der Waals surface area contributed by atoms with Crippen molar-refractivity contribution in [2.24, 2.45) is 0 Å². The number of hydrogen-bond donors (Lipinski definition) is 0.